The minimum Gasteiger partial charge on any atom is -0.366 e. The maximum Gasteiger partial charge on any atom is 0.251 e. The number of nitrogens with one attached hydrogen (secondary N) is 2. The summed E-state index contributed by atoms with van der Waals surface area (Å²) in [5.74, 6) is -0.0465. The molecule has 3 rings (SSSR count). The van der Waals surface area contributed by atoms with Crippen LogP contribution in [0, 0.1) is 0 Å². The second-order valence-corrected chi connectivity index (χ2v) is 4.47. The van der Waals surface area contributed by atoms with Crippen LogP contribution in [0.1, 0.15) is 15.9 Å². The first-order valence-corrected chi connectivity index (χ1v) is 6.21. The van der Waals surface area contributed by atoms with Crippen molar-refractivity contribution >= 4 is 16.7 Å². The molecule has 0 unspecified atom stereocenters. The van der Waals surface area contributed by atoms with Gasteiger partial charge >= 0.3 is 0 Å². The number of carbonyl (C=O) groups is 1. The number of hydrogen-bond donors (Lipinski definition) is 2. The first-order chi connectivity index (χ1) is 9.33. The minimum absolute atomic E-state index is 0.0465. The van der Waals surface area contributed by atoms with Gasteiger partial charge in [-0.3, -0.25) is 4.79 Å². The Kier molecular flexibility index (Phi) is 3.02. The van der Waals surface area contributed by atoms with Gasteiger partial charge < -0.3 is 10.3 Å². The van der Waals surface area contributed by atoms with E-state index in [2.05, 4.69) is 22.4 Å². The minimum atomic E-state index is -0.0465. The van der Waals surface area contributed by atoms with Gasteiger partial charge in [0.1, 0.15) is 0 Å². The highest BCUT2D eigenvalue weighted by atomic mass is 16.1. The second kappa shape index (κ2) is 4.98. The Balaban J connectivity index is 1.70. The molecule has 0 bridgehead atoms. The van der Waals surface area contributed by atoms with E-state index in [0.29, 0.717) is 12.1 Å². The molecule has 0 aliphatic carbocycles. The Bertz CT molecular complexity index is 701. The molecule has 3 nitrogen and oxygen atoms in total. The lowest BCUT2D eigenvalue weighted by atomic mass is 10.1. The molecule has 0 spiro atoms. The summed E-state index contributed by atoms with van der Waals surface area (Å²) in [4.78, 5) is 15.0. The molecule has 0 aliphatic heterocycles. The normalized spacial score (nSPS) is 10.5. The third-order valence-corrected chi connectivity index (χ3v) is 3.12. The first-order valence-electron chi connectivity index (χ1n) is 6.21. The molecule has 0 atom stereocenters. The fourth-order valence-electron chi connectivity index (χ4n) is 2.09. The summed E-state index contributed by atoms with van der Waals surface area (Å²) in [6, 6.07) is 15.4. The van der Waals surface area contributed by atoms with Gasteiger partial charge in [0.2, 0.25) is 0 Å². The summed E-state index contributed by atoms with van der Waals surface area (Å²) >= 11 is 0. The number of amides is 1. The van der Waals surface area contributed by atoms with E-state index in [1.54, 1.807) is 0 Å². The van der Waals surface area contributed by atoms with Crippen LogP contribution in [0.2, 0.25) is 0 Å². The molecule has 1 heterocycles. The lowest BCUT2D eigenvalue weighted by Crippen LogP contribution is -2.22. The van der Waals surface area contributed by atoms with Crippen molar-refractivity contribution in [2.24, 2.45) is 0 Å². The van der Waals surface area contributed by atoms with Crippen molar-refractivity contribution < 1.29 is 4.79 Å². The molecule has 1 aromatic heterocycles. The zero-order chi connectivity index (χ0) is 13.1. The van der Waals surface area contributed by atoms with Crippen molar-refractivity contribution in [3.63, 3.8) is 0 Å². The number of aromatic amines is 1. The molecule has 0 saturated carbocycles. The summed E-state index contributed by atoms with van der Waals surface area (Å²) in [7, 11) is 0. The molecule has 1 amide bonds. The van der Waals surface area contributed by atoms with E-state index in [9.17, 15) is 4.79 Å². The SMILES string of the molecule is O=C(NCc1ccc2c[nH]cc2c1)c1ccccc1. The van der Waals surface area contributed by atoms with Crippen LogP contribution in [0.5, 0.6) is 0 Å². The summed E-state index contributed by atoms with van der Waals surface area (Å²) < 4.78 is 0. The van der Waals surface area contributed by atoms with Gasteiger partial charge in [0.25, 0.3) is 5.91 Å². The number of hydrogen-bond acceptors (Lipinski definition) is 1. The summed E-state index contributed by atoms with van der Waals surface area (Å²) in [5, 5.41) is 5.26. The lowest BCUT2D eigenvalue weighted by molar-refractivity contribution is 0.0951. The van der Waals surface area contributed by atoms with Crippen LogP contribution in [0.3, 0.4) is 0 Å². The van der Waals surface area contributed by atoms with Gasteiger partial charge in [-0.2, -0.15) is 0 Å². The molecule has 0 radical (unpaired) electrons. The molecule has 3 aromatic rings. The standard InChI is InChI=1S/C16H14N2O/c19-16(13-4-2-1-3-5-13)18-9-12-6-7-14-10-17-11-15(14)8-12/h1-8,10-11,17H,9H2,(H,18,19). The fraction of sp³-hybridized carbons (Fsp3) is 0.0625. The predicted octanol–water partition coefficient (Wildman–Crippen LogP) is 3.10. The van der Waals surface area contributed by atoms with Crippen LogP contribution in [0.25, 0.3) is 10.8 Å². The van der Waals surface area contributed by atoms with Crippen LogP contribution in [-0.4, -0.2) is 10.9 Å². The largest absolute Gasteiger partial charge is 0.366 e. The van der Waals surface area contributed by atoms with E-state index in [1.165, 1.54) is 5.39 Å². The Hall–Kier alpha value is -2.55. The van der Waals surface area contributed by atoms with Crippen LogP contribution in [-0.2, 0) is 6.54 Å². The monoisotopic (exact) mass is 250 g/mol. The topological polar surface area (TPSA) is 44.9 Å². The molecule has 94 valence electrons. The number of carbonyl (C=O) groups excluding carboxylic acids is 1. The molecule has 0 aliphatic rings. The molecular formula is C16H14N2O. The highest BCUT2D eigenvalue weighted by molar-refractivity contribution is 5.94. The maximum atomic E-state index is 11.9. The van der Waals surface area contributed by atoms with Crippen molar-refractivity contribution in [1.82, 2.24) is 10.3 Å². The van der Waals surface area contributed by atoms with E-state index >= 15 is 0 Å². The lowest BCUT2D eigenvalue weighted by Gasteiger charge is -2.05. The van der Waals surface area contributed by atoms with Gasteiger partial charge in [-0.05, 0) is 34.5 Å². The fourth-order valence-corrected chi connectivity index (χ4v) is 2.09. The second-order valence-electron chi connectivity index (χ2n) is 4.47. The van der Waals surface area contributed by atoms with E-state index in [-0.39, 0.29) is 5.91 Å². The number of fused-ring (bicyclic) bond motifs is 1. The number of benzene rings is 2. The third-order valence-electron chi connectivity index (χ3n) is 3.12. The van der Waals surface area contributed by atoms with Gasteiger partial charge in [-0.25, -0.2) is 0 Å². The first kappa shape index (κ1) is 11.5. The van der Waals surface area contributed by atoms with Gasteiger partial charge in [0.15, 0.2) is 0 Å². The average molecular weight is 250 g/mol. The molecule has 3 heteroatoms. The van der Waals surface area contributed by atoms with E-state index in [1.807, 2.05) is 48.8 Å². The van der Waals surface area contributed by atoms with Gasteiger partial charge in [-0.1, -0.05) is 30.3 Å². The van der Waals surface area contributed by atoms with Crippen LogP contribution in [0.15, 0.2) is 60.9 Å². The molecule has 19 heavy (non-hydrogen) atoms. The van der Waals surface area contributed by atoms with Crippen molar-refractivity contribution in [2.75, 3.05) is 0 Å². The molecule has 2 N–H and O–H groups in total. The van der Waals surface area contributed by atoms with Crippen molar-refractivity contribution in [3.05, 3.63) is 72.1 Å². The highest BCUT2D eigenvalue weighted by Gasteiger charge is 2.04. The van der Waals surface area contributed by atoms with E-state index < -0.39 is 0 Å². The zero-order valence-electron chi connectivity index (χ0n) is 10.4. The van der Waals surface area contributed by atoms with Crippen molar-refractivity contribution in [1.29, 1.82) is 0 Å². The van der Waals surface area contributed by atoms with E-state index in [0.717, 1.165) is 10.9 Å². The highest BCUT2D eigenvalue weighted by Crippen LogP contribution is 2.15. The van der Waals surface area contributed by atoms with Crippen LogP contribution in [0.4, 0.5) is 0 Å². The average Bonchev–Trinajstić information content (AvgIpc) is 2.93. The van der Waals surface area contributed by atoms with Gasteiger partial charge in [0.05, 0.1) is 0 Å². The Morgan fingerprint density at radius 3 is 2.63 bits per heavy atom. The molecule has 2 aromatic carbocycles. The summed E-state index contributed by atoms with van der Waals surface area (Å²) in [5.41, 5.74) is 1.78. The van der Waals surface area contributed by atoms with Gasteiger partial charge in [0, 0.05) is 24.5 Å². The Labute approximate surface area is 111 Å². The maximum absolute atomic E-state index is 11.9. The molecular weight excluding hydrogens is 236 g/mol. The predicted molar refractivity (Wildman–Crippen MR) is 75.9 cm³/mol. The van der Waals surface area contributed by atoms with Gasteiger partial charge in [-0.15, -0.1) is 0 Å². The summed E-state index contributed by atoms with van der Waals surface area (Å²) in [6.45, 7) is 0.537. The van der Waals surface area contributed by atoms with E-state index in [4.69, 9.17) is 0 Å². The Morgan fingerprint density at radius 2 is 1.79 bits per heavy atom. The van der Waals surface area contributed by atoms with Crippen molar-refractivity contribution in [3.8, 4) is 0 Å². The number of aromatic nitrogens is 1. The van der Waals surface area contributed by atoms with Crippen molar-refractivity contribution in [2.45, 2.75) is 6.54 Å². The third kappa shape index (κ3) is 2.50. The zero-order valence-corrected chi connectivity index (χ0v) is 10.4. The summed E-state index contributed by atoms with van der Waals surface area (Å²) in [6.07, 6.45) is 3.92. The quantitative estimate of drug-likeness (QED) is 0.737. The number of H-pyrrole nitrogens is 1. The molecule has 0 saturated heterocycles. The van der Waals surface area contributed by atoms with Crippen LogP contribution >= 0.6 is 0 Å². The van der Waals surface area contributed by atoms with Crippen LogP contribution < -0.4 is 5.32 Å². The number of rotatable bonds is 3. The molecule has 0 fully saturated rings. The smallest absolute Gasteiger partial charge is 0.251 e. The Morgan fingerprint density at radius 1 is 1.00 bits per heavy atom.